The summed E-state index contributed by atoms with van der Waals surface area (Å²) in [4.78, 5) is 0. The molecule has 0 bridgehead atoms. The highest BCUT2D eigenvalue weighted by Crippen LogP contribution is 2.56. The number of hydrogen-bond donors (Lipinski definition) is 0. The van der Waals surface area contributed by atoms with Crippen LogP contribution in [0.2, 0.25) is 0 Å². The highest BCUT2D eigenvalue weighted by molar-refractivity contribution is 4.96. The first-order valence-electron chi connectivity index (χ1n) is 17.0. The van der Waals surface area contributed by atoms with E-state index in [0.29, 0.717) is 0 Å². The lowest BCUT2D eigenvalue weighted by atomic mass is 9.56. The zero-order chi connectivity index (χ0) is 24.8. The summed E-state index contributed by atoms with van der Waals surface area (Å²) in [6, 6.07) is 0. The van der Waals surface area contributed by atoms with Crippen LogP contribution in [0.4, 0.5) is 0 Å². The topological polar surface area (TPSA) is 0 Å². The Labute approximate surface area is 221 Å². The molecule has 0 nitrogen and oxygen atoms in total. The third-order valence-corrected chi connectivity index (χ3v) is 12.4. The summed E-state index contributed by atoms with van der Waals surface area (Å²) in [5.74, 6) is 11.9. The van der Waals surface area contributed by atoms with Crippen LogP contribution < -0.4 is 0 Å². The molecule has 0 heteroatoms. The van der Waals surface area contributed by atoms with E-state index in [-0.39, 0.29) is 0 Å². The van der Waals surface area contributed by atoms with Crippen molar-refractivity contribution >= 4 is 0 Å². The Bertz CT molecular complexity index is 585. The minimum Gasteiger partial charge on any atom is -0.0654 e. The van der Waals surface area contributed by atoms with Crippen LogP contribution in [0.3, 0.4) is 0 Å². The van der Waals surface area contributed by atoms with Crippen LogP contribution in [0.1, 0.15) is 157 Å². The average Bonchev–Trinajstić information content (AvgIpc) is 3.52. The summed E-state index contributed by atoms with van der Waals surface area (Å²) in [7, 11) is 0. The van der Waals surface area contributed by atoms with E-state index >= 15 is 0 Å². The highest BCUT2D eigenvalue weighted by atomic mass is 14.5. The lowest BCUT2D eigenvalue weighted by molar-refractivity contribution is 0.00254. The van der Waals surface area contributed by atoms with Crippen LogP contribution in [0.25, 0.3) is 0 Å². The van der Waals surface area contributed by atoms with Crippen molar-refractivity contribution in [2.45, 2.75) is 157 Å². The Morgan fingerprint density at radius 1 is 0.571 bits per heavy atom. The largest absolute Gasteiger partial charge is 0.0654 e. The number of rotatable bonds is 6. The molecule has 204 valence electrons. The van der Waals surface area contributed by atoms with Crippen LogP contribution in [-0.4, -0.2) is 0 Å². The van der Waals surface area contributed by atoms with Crippen molar-refractivity contribution in [1.82, 2.24) is 0 Å². The fraction of sp³-hybridized carbons (Fsp3) is 1.00. The molecule has 0 saturated heterocycles. The minimum atomic E-state index is 1.00. The fourth-order valence-corrected chi connectivity index (χ4v) is 10.6. The van der Waals surface area contributed by atoms with Gasteiger partial charge in [0.2, 0.25) is 0 Å². The number of unbranched alkanes of at least 4 members (excludes halogenated alkanes) is 1. The van der Waals surface area contributed by atoms with Crippen molar-refractivity contribution in [3.05, 3.63) is 0 Å². The van der Waals surface area contributed by atoms with E-state index in [4.69, 9.17) is 0 Å². The maximum absolute atomic E-state index is 2.60. The van der Waals surface area contributed by atoms with Gasteiger partial charge in [0.15, 0.2) is 0 Å². The van der Waals surface area contributed by atoms with Crippen LogP contribution >= 0.6 is 0 Å². The maximum atomic E-state index is 2.60. The van der Waals surface area contributed by atoms with Gasteiger partial charge in [-0.15, -0.1) is 0 Å². The molecule has 0 aromatic carbocycles. The molecule has 5 aliphatic rings. The molecule has 0 aliphatic heterocycles. The molecule has 0 heterocycles. The molecule has 5 aliphatic carbocycles. The van der Waals surface area contributed by atoms with Crippen LogP contribution in [0.5, 0.6) is 0 Å². The van der Waals surface area contributed by atoms with Gasteiger partial charge in [-0.2, -0.15) is 0 Å². The normalized spacial score (nSPS) is 44.5. The second-order valence-electron chi connectivity index (χ2n) is 14.8. The van der Waals surface area contributed by atoms with E-state index in [1.54, 1.807) is 44.9 Å². The average molecular weight is 485 g/mol. The van der Waals surface area contributed by atoms with Gasteiger partial charge in [0.25, 0.3) is 0 Å². The number of fused-ring (bicyclic) bond motifs is 1. The first-order chi connectivity index (χ1) is 17.0. The van der Waals surface area contributed by atoms with Crippen molar-refractivity contribution in [1.29, 1.82) is 0 Å². The summed E-state index contributed by atoms with van der Waals surface area (Å²) in [5.41, 5.74) is 0. The lowest BCUT2D eigenvalue weighted by Gasteiger charge is -2.49. The Morgan fingerprint density at radius 3 is 1.94 bits per heavy atom. The predicted octanol–water partition coefficient (Wildman–Crippen LogP) is 11.3. The van der Waals surface area contributed by atoms with E-state index in [0.717, 1.165) is 65.1 Å². The van der Waals surface area contributed by atoms with Crippen molar-refractivity contribution in [3.8, 4) is 0 Å². The predicted molar refractivity (Wildman–Crippen MR) is 154 cm³/mol. The third kappa shape index (κ3) is 7.11. The van der Waals surface area contributed by atoms with Crippen LogP contribution in [0.15, 0.2) is 0 Å². The van der Waals surface area contributed by atoms with Gasteiger partial charge in [0.05, 0.1) is 0 Å². The van der Waals surface area contributed by atoms with Gasteiger partial charge in [-0.3, -0.25) is 0 Å². The van der Waals surface area contributed by atoms with Gasteiger partial charge in [0.1, 0.15) is 0 Å². The van der Waals surface area contributed by atoms with E-state index in [1.165, 1.54) is 77.0 Å². The standard InChI is InChI=1S/C20H36.C15H28/c1-3-4-12-18-15(2)14-17-11-8-13-19(17)20(18)16-9-6-5-7-10-16;1-4-13-9-12(3)6-8-15(13)14-7-5-11(2)10-14/h15-20H,3-14H2,1-2H3;11-15H,4-10H2,1-3H3. The minimum absolute atomic E-state index is 1.00. The van der Waals surface area contributed by atoms with Crippen molar-refractivity contribution in [3.63, 3.8) is 0 Å². The molecule has 5 saturated carbocycles. The molecule has 5 fully saturated rings. The zero-order valence-corrected chi connectivity index (χ0v) is 24.8. The molecule has 0 radical (unpaired) electrons. The van der Waals surface area contributed by atoms with E-state index in [1.807, 2.05) is 0 Å². The zero-order valence-electron chi connectivity index (χ0n) is 24.8. The molecular weight excluding hydrogens is 420 g/mol. The Hall–Kier alpha value is 0. The Balaban J connectivity index is 0.000000172. The van der Waals surface area contributed by atoms with Crippen LogP contribution in [-0.2, 0) is 0 Å². The van der Waals surface area contributed by atoms with Crippen LogP contribution in [0, 0.1) is 65.1 Å². The molecule has 0 aromatic rings. The monoisotopic (exact) mass is 485 g/mol. The van der Waals surface area contributed by atoms with E-state index in [2.05, 4.69) is 34.6 Å². The van der Waals surface area contributed by atoms with Gasteiger partial charge < -0.3 is 0 Å². The van der Waals surface area contributed by atoms with Gasteiger partial charge in [0, 0.05) is 0 Å². The summed E-state index contributed by atoms with van der Waals surface area (Å²) in [6.07, 6.45) is 29.0. The first-order valence-corrected chi connectivity index (χ1v) is 17.0. The van der Waals surface area contributed by atoms with Crippen molar-refractivity contribution in [2.75, 3.05) is 0 Å². The molecular formula is C35H64. The third-order valence-electron chi connectivity index (χ3n) is 12.4. The van der Waals surface area contributed by atoms with Gasteiger partial charge in [-0.05, 0) is 110 Å². The summed E-state index contributed by atoms with van der Waals surface area (Å²) >= 11 is 0. The molecule has 5 rings (SSSR count). The molecule has 10 atom stereocenters. The molecule has 0 amide bonds. The van der Waals surface area contributed by atoms with Gasteiger partial charge >= 0.3 is 0 Å². The van der Waals surface area contributed by atoms with E-state index < -0.39 is 0 Å². The summed E-state index contributed by atoms with van der Waals surface area (Å²) in [6.45, 7) is 12.3. The molecule has 0 spiro atoms. The van der Waals surface area contributed by atoms with Crippen molar-refractivity contribution < 1.29 is 0 Å². The first kappa shape index (κ1) is 28.0. The van der Waals surface area contributed by atoms with E-state index in [9.17, 15) is 0 Å². The van der Waals surface area contributed by atoms with Gasteiger partial charge in [-0.25, -0.2) is 0 Å². The molecule has 10 unspecified atom stereocenters. The molecule has 0 N–H and O–H groups in total. The second-order valence-corrected chi connectivity index (χ2v) is 14.8. The van der Waals surface area contributed by atoms with Gasteiger partial charge in [-0.1, -0.05) is 112 Å². The quantitative estimate of drug-likeness (QED) is 0.351. The highest BCUT2D eigenvalue weighted by Gasteiger charge is 2.47. The number of hydrogen-bond acceptors (Lipinski definition) is 0. The molecule has 0 aromatic heterocycles. The fourth-order valence-electron chi connectivity index (χ4n) is 10.6. The smallest absolute Gasteiger partial charge is 0.0324 e. The SMILES string of the molecule is CCC1CC(C)CCC1C1CCC(C)C1.CCCCC1C(C)CC2CCCC2C1C1CCCCC1. The Kier molecular flexibility index (Phi) is 11.0. The lowest BCUT2D eigenvalue weighted by Crippen LogP contribution is -2.41. The summed E-state index contributed by atoms with van der Waals surface area (Å²) in [5, 5.41) is 0. The van der Waals surface area contributed by atoms with Crippen molar-refractivity contribution in [2.24, 2.45) is 65.1 Å². The molecule has 35 heavy (non-hydrogen) atoms. The maximum Gasteiger partial charge on any atom is -0.0324 e. The summed E-state index contributed by atoms with van der Waals surface area (Å²) < 4.78 is 0. The Morgan fingerprint density at radius 2 is 1.26 bits per heavy atom. The second kappa shape index (κ2) is 13.7.